The van der Waals surface area contributed by atoms with Crippen molar-refractivity contribution in [2.24, 2.45) is 5.73 Å². The van der Waals surface area contributed by atoms with Crippen LogP contribution in [0.4, 0.5) is 0 Å². The van der Waals surface area contributed by atoms with Gasteiger partial charge in [0, 0.05) is 5.69 Å². The van der Waals surface area contributed by atoms with Crippen molar-refractivity contribution in [3.63, 3.8) is 0 Å². The van der Waals surface area contributed by atoms with Crippen LogP contribution in [0.5, 0.6) is 0 Å². The van der Waals surface area contributed by atoms with Gasteiger partial charge in [-0.05, 0) is 61.3 Å². The number of carbonyl (C=O) groups excluding carboxylic acids is 1. The summed E-state index contributed by atoms with van der Waals surface area (Å²) in [4.78, 5) is 18.1. The fraction of sp³-hybridized carbons (Fsp3) is 0.400. The van der Waals surface area contributed by atoms with E-state index < -0.39 is 11.9 Å². The highest BCUT2D eigenvalue weighted by Gasteiger charge is 2.37. The van der Waals surface area contributed by atoms with Crippen LogP contribution in [-0.4, -0.2) is 23.3 Å². The summed E-state index contributed by atoms with van der Waals surface area (Å²) < 4.78 is 11.3. The predicted molar refractivity (Wildman–Crippen MR) is 146 cm³/mol. The molecule has 7 nitrogen and oxygen atoms in total. The molecule has 1 aliphatic heterocycles. The van der Waals surface area contributed by atoms with Gasteiger partial charge in [-0.2, -0.15) is 10.5 Å². The van der Waals surface area contributed by atoms with Crippen molar-refractivity contribution < 1.29 is 14.3 Å². The molecule has 0 spiro atoms. The Balaban J connectivity index is 1.75. The lowest BCUT2D eigenvalue weighted by molar-refractivity contribution is -0.139. The first kappa shape index (κ1) is 27.3. The number of esters is 1. The van der Waals surface area contributed by atoms with Crippen LogP contribution in [0.2, 0.25) is 0 Å². The van der Waals surface area contributed by atoms with Crippen LogP contribution in [0.25, 0.3) is 0 Å². The van der Waals surface area contributed by atoms with E-state index in [4.69, 9.17) is 20.2 Å². The van der Waals surface area contributed by atoms with Crippen molar-refractivity contribution >= 4 is 17.7 Å². The molecule has 2 aromatic rings. The average molecular weight is 529 g/mol. The molecule has 2 aliphatic rings. The lowest BCUT2D eigenvalue weighted by atomic mass is 9.82. The van der Waals surface area contributed by atoms with Crippen molar-refractivity contribution in [2.75, 3.05) is 12.4 Å². The molecule has 1 aromatic heterocycles. The summed E-state index contributed by atoms with van der Waals surface area (Å²) in [6, 6.07) is 14.2. The summed E-state index contributed by atoms with van der Waals surface area (Å²) >= 11 is 1.33. The van der Waals surface area contributed by atoms with Gasteiger partial charge in [0.25, 0.3) is 0 Å². The fourth-order valence-corrected chi connectivity index (χ4v) is 5.80. The SMILES string of the molecule is CCOC(=O)C1=C(CSc2nc3c(cc2C#N)CCCCC3)OC(N)=C(C#N)C1c1ccc(C(C)C)cc1. The second kappa shape index (κ2) is 12.2. The van der Waals surface area contributed by atoms with E-state index in [1.54, 1.807) is 6.92 Å². The minimum absolute atomic E-state index is 0.0375. The third-order valence-corrected chi connectivity index (χ3v) is 7.90. The first-order valence-electron chi connectivity index (χ1n) is 13.0. The topological polar surface area (TPSA) is 122 Å². The number of aryl methyl sites for hydroxylation is 2. The summed E-state index contributed by atoms with van der Waals surface area (Å²) in [6.45, 7) is 6.12. The fourth-order valence-electron chi connectivity index (χ4n) is 4.88. The molecule has 1 aromatic carbocycles. The Morgan fingerprint density at radius 1 is 1.18 bits per heavy atom. The monoisotopic (exact) mass is 528 g/mol. The Morgan fingerprint density at radius 3 is 2.58 bits per heavy atom. The Kier molecular flexibility index (Phi) is 8.76. The largest absolute Gasteiger partial charge is 0.463 e. The number of pyridine rings is 1. The molecular formula is C30H32N4O3S. The van der Waals surface area contributed by atoms with Crippen molar-refractivity contribution in [3.05, 3.63) is 81.1 Å². The molecule has 0 fully saturated rings. The summed E-state index contributed by atoms with van der Waals surface area (Å²) in [7, 11) is 0. The highest BCUT2D eigenvalue weighted by Crippen LogP contribution is 2.41. The number of nitrogens with zero attached hydrogens (tertiary/aromatic N) is 3. The van der Waals surface area contributed by atoms with E-state index in [0.717, 1.165) is 54.5 Å². The second-order valence-corrected chi connectivity index (χ2v) is 10.7. The van der Waals surface area contributed by atoms with Gasteiger partial charge in [-0.1, -0.05) is 56.3 Å². The number of fused-ring (bicyclic) bond motifs is 1. The maximum Gasteiger partial charge on any atom is 0.338 e. The predicted octanol–water partition coefficient (Wildman–Crippen LogP) is 5.76. The minimum Gasteiger partial charge on any atom is -0.463 e. The third-order valence-electron chi connectivity index (χ3n) is 6.90. The van der Waals surface area contributed by atoms with Gasteiger partial charge < -0.3 is 15.2 Å². The van der Waals surface area contributed by atoms with E-state index in [1.807, 2.05) is 30.3 Å². The molecule has 2 heterocycles. The molecular weight excluding hydrogens is 496 g/mol. The highest BCUT2D eigenvalue weighted by atomic mass is 32.2. The van der Waals surface area contributed by atoms with E-state index in [2.05, 4.69) is 26.0 Å². The van der Waals surface area contributed by atoms with Crippen LogP contribution < -0.4 is 5.73 Å². The Morgan fingerprint density at radius 2 is 1.92 bits per heavy atom. The number of allylic oxidation sites excluding steroid dienone is 1. The molecule has 8 heteroatoms. The molecule has 196 valence electrons. The quantitative estimate of drug-likeness (QED) is 0.273. The molecule has 1 atom stereocenters. The summed E-state index contributed by atoms with van der Waals surface area (Å²) in [5.41, 5.74) is 11.2. The number of nitrogens with two attached hydrogens (primary N) is 1. The van der Waals surface area contributed by atoms with Crippen LogP contribution in [0.15, 0.2) is 58.1 Å². The van der Waals surface area contributed by atoms with Gasteiger partial charge in [-0.3, -0.25) is 0 Å². The van der Waals surface area contributed by atoms with Gasteiger partial charge in [-0.25, -0.2) is 9.78 Å². The molecule has 0 amide bonds. The first-order valence-corrected chi connectivity index (χ1v) is 14.0. The number of rotatable bonds is 7. The van der Waals surface area contributed by atoms with Gasteiger partial charge in [0.15, 0.2) is 0 Å². The maximum absolute atomic E-state index is 13.3. The number of carbonyl (C=O) groups is 1. The number of ether oxygens (including phenoxy) is 2. The normalized spacial score (nSPS) is 17.3. The van der Waals surface area contributed by atoms with Crippen molar-refractivity contribution in [2.45, 2.75) is 69.7 Å². The molecule has 0 saturated carbocycles. The number of hydrogen-bond acceptors (Lipinski definition) is 8. The van der Waals surface area contributed by atoms with E-state index in [0.29, 0.717) is 22.3 Å². The molecule has 1 aliphatic carbocycles. The highest BCUT2D eigenvalue weighted by molar-refractivity contribution is 7.99. The van der Waals surface area contributed by atoms with E-state index in [1.165, 1.54) is 11.8 Å². The summed E-state index contributed by atoms with van der Waals surface area (Å²) in [5.74, 6) is -0.469. The van der Waals surface area contributed by atoms with E-state index in [9.17, 15) is 15.3 Å². The Hall–Kier alpha value is -3.75. The molecule has 1 unspecified atom stereocenters. The van der Waals surface area contributed by atoms with Gasteiger partial charge >= 0.3 is 5.97 Å². The van der Waals surface area contributed by atoms with Crippen LogP contribution in [-0.2, 0) is 27.1 Å². The van der Waals surface area contributed by atoms with Crippen molar-refractivity contribution in [1.82, 2.24) is 4.98 Å². The lowest BCUT2D eigenvalue weighted by Crippen LogP contribution is -2.27. The van der Waals surface area contributed by atoms with Gasteiger partial charge in [-0.15, -0.1) is 0 Å². The number of benzene rings is 1. The minimum atomic E-state index is -0.722. The first-order chi connectivity index (χ1) is 18.4. The molecule has 38 heavy (non-hydrogen) atoms. The van der Waals surface area contributed by atoms with Crippen LogP contribution in [0, 0.1) is 22.7 Å². The summed E-state index contributed by atoms with van der Waals surface area (Å²) in [5, 5.41) is 20.4. The Labute approximate surface area is 228 Å². The standard InChI is InChI=1S/C30H32N4O3S/c1-4-36-30(35)27-25(17-38-29-22(15-31)14-21-8-6-5-7-9-24(21)34-29)37-28(33)23(16-32)26(27)20-12-10-19(11-13-20)18(2)3/h10-14,18,26H,4-9,17,33H2,1-3H3. The zero-order valence-electron chi connectivity index (χ0n) is 22.0. The van der Waals surface area contributed by atoms with Crippen LogP contribution in [0.1, 0.15) is 79.8 Å². The van der Waals surface area contributed by atoms with Gasteiger partial charge in [0.05, 0.1) is 29.4 Å². The zero-order valence-corrected chi connectivity index (χ0v) is 22.9. The van der Waals surface area contributed by atoms with Crippen molar-refractivity contribution in [3.8, 4) is 12.1 Å². The number of thioether (sulfide) groups is 1. The second-order valence-electron chi connectivity index (χ2n) is 9.71. The zero-order chi connectivity index (χ0) is 27.2. The molecule has 0 saturated heterocycles. The number of nitriles is 2. The Bertz CT molecular complexity index is 1360. The van der Waals surface area contributed by atoms with Crippen LogP contribution in [0.3, 0.4) is 0 Å². The third kappa shape index (κ3) is 5.71. The van der Waals surface area contributed by atoms with E-state index >= 15 is 0 Å². The molecule has 0 bridgehead atoms. The molecule has 2 N–H and O–H groups in total. The molecule has 0 radical (unpaired) electrons. The number of aromatic nitrogens is 1. The van der Waals surface area contributed by atoms with E-state index in [-0.39, 0.29) is 29.4 Å². The summed E-state index contributed by atoms with van der Waals surface area (Å²) in [6.07, 6.45) is 5.14. The van der Waals surface area contributed by atoms with Crippen LogP contribution >= 0.6 is 11.8 Å². The molecule has 4 rings (SSSR count). The maximum atomic E-state index is 13.3. The average Bonchev–Trinajstić information content (AvgIpc) is 3.15. The lowest BCUT2D eigenvalue weighted by Gasteiger charge is -2.28. The van der Waals surface area contributed by atoms with Gasteiger partial charge in [0.1, 0.15) is 28.5 Å². The number of hydrogen-bond donors (Lipinski definition) is 1. The van der Waals surface area contributed by atoms with Crippen molar-refractivity contribution in [1.29, 1.82) is 10.5 Å². The van der Waals surface area contributed by atoms with Gasteiger partial charge in [0.2, 0.25) is 5.88 Å². The smallest absolute Gasteiger partial charge is 0.338 e.